The Morgan fingerprint density at radius 3 is 2.25 bits per heavy atom. The molecule has 0 aliphatic heterocycles. The highest BCUT2D eigenvalue weighted by molar-refractivity contribution is 6.08. The smallest absolute Gasteiger partial charge is 0.219 e. The zero-order chi connectivity index (χ0) is 22.2. The third kappa shape index (κ3) is 3.52. The minimum absolute atomic E-state index is 0.499. The van der Waals surface area contributed by atoms with Crippen molar-refractivity contribution in [2.24, 2.45) is 7.05 Å². The summed E-state index contributed by atoms with van der Waals surface area (Å²) in [6.07, 6.45) is 0. The number of hydrogen-bond acceptors (Lipinski definition) is 5. The van der Waals surface area contributed by atoms with Crippen LogP contribution in [-0.4, -0.2) is 14.8 Å². The molecular formula is C26H23N5O. The van der Waals surface area contributed by atoms with Crippen molar-refractivity contribution in [3.05, 3.63) is 84.6 Å². The Morgan fingerprint density at radius 2 is 1.53 bits per heavy atom. The fourth-order valence-corrected chi connectivity index (χ4v) is 3.97. The van der Waals surface area contributed by atoms with Gasteiger partial charge in [0.25, 0.3) is 0 Å². The number of fused-ring (bicyclic) bond motifs is 1. The van der Waals surface area contributed by atoms with E-state index in [0.717, 1.165) is 44.5 Å². The fourth-order valence-electron chi connectivity index (χ4n) is 3.97. The molecule has 0 spiro atoms. The van der Waals surface area contributed by atoms with Crippen LogP contribution in [0.3, 0.4) is 0 Å². The van der Waals surface area contributed by atoms with Gasteiger partial charge in [-0.15, -0.1) is 0 Å². The van der Waals surface area contributed by atoms with Gasteiger partial charge in [-0.25, -0.2) is 4.98 Å². The van der Waals surface area contributed by atoms with E-state index in [9.17, 15) is 0 Å². The van der Waals surface area contributed by atoms with Gasteiger partial charge in [0.2, 0.25) is 5.88 Å². The van der Waals surface area contributed by atoms with Crippen LogP contribution in [0.5, 0.6) is 11.6 Å². The van der Waals surface area contributed by atoms with Gasteiger partial charge in [0.05, 0.1) is 10.9 Å². The first kappa shape index (κ1) is 19.6. The second kappa shape index (κ2) is 7.74. The summed E-state index contributed by atoms with van der Waals surface area (Å²) in [7, 11) is 1.90. The van der Waals surface area contributed by atoms with E-state index in [1.165, 1.54) is 0 Å². The summed E-state index contributed by atoms with van der Waals surface area (Å²) < 4.78 is 7.73. The third-order valence-electron chi connectivity index (χ3n) is 5.50. The SMILES string of the molecule is Cc1cccc(Oc2ccc(-c3c(-c4ccc(N)cc4)ccc4c3c(N)nn4C)cc2)n1. The van der Waals surface area contributed by atoms with Crippen molar-refractivity contribution in [3.63, 3.8) is 0 Å². The fraction of sp³-hybridized carbons (Fsp3) is 0.0769. The van der Waals surface area contributed by atoms with E-state index in [-0.39, 0.29) is 0 Å². The van der Waals surface area contributed by atoms with Crippen LogP contribution in [0.2, 0.25) is 0 Å². The normalized spacial score (nSPS) is 11.1. The van der Waals surface area contributed by atoms with Gasteiger partial charge >= 0.3 is 0 Å². The number of nitrogen functional groups attached to an aromatic ring is 2. The maximum Gasteiger partial charge on any atom is 0.219 e. The van der Waals surface area contributed by atoms with Crippen molar-refractivity contribution in [1.29, 1.82) is 0 Å². The van der Waals surface area contributed by atoms with E-state index in [4.69, 9.17) is 16.2 Å². The molecule has 3 aromatic carbocycles. The maximum absolute atomic E-state index is 6.35. The van der Waals surface area contributed by atoms with Crippen LogP contribution in [0.1, 0.15) is 5.69 Å². The van der Waals surface area contributed by atoms with Crippen molar-refractivity contribution in [2.75, 3.05) is 11.5 Å². The number of nitrogens with two attached hydrogens (primary N) is 2. The Hall–Kier alpha value is -4.32. The molecule has 0 atom stereocenters. The summed E-state index contributed by atoms with van der Waals surface area (Å²) >= 11 is 0. The lowest BCUT2D eigenvalue weighted by molar-refractivity contribution is 0.462. The topological polar surface area (TPSA) is 92.0 Å². The van der Waals surface area contributed by atoms with Gasteiger partial charge in [0.15, 0.2) is 5.82 Å². The third-order valence-corrected chi connectivity index (χ3v) is 5.50. The summed E-state index contributed by atoms with van der Waals surface area (Å²) in [5, 5.41) is 5.38. The first-order valence-electron chi connectivity index (χ1n) is 10.3. The lowest BCUT2D eigenvalue weighted by Gasteiger charge is -2.14. The van der Waals surface area contributed by atoms with Crippen LogP contribution in [0.4, 0.5) is 11.5 Å². The van der Waals surface area contributed by atoms with Gasteiger partial charge in [-0.05, 0) is 60.0 Å². The molecule has 0 unspecified atom stereocenters. The van der Waals surface area contributed by atoms with Crippen molar-refractivity contribution < 1.29 is 4.74 Å². The molecule has 0 saturated heterocycles. The second-order valence-corrected chi connectivity index (χ2v) is 7.76. The first-order valence-corrected chi connectivity index (χ1v) is 10.3. The monoisotopic (exact) mass is 421 g/mol. The molecule has 2 heterocycles. The minimum atomic E-state index is 0.499. The quantitative estimate of drug-likeness (QED) is 0.370. The summed E-state index contributed by atoms with van der Waals surface area (Å²) in [5.74, 6) is 1.78. The summed E-state index contributed by atoms with van der Waals surface area (Å²) in [6.45, 7) is 1.94. The van der Waals surface area contributed by atoms with Crippen molar-refractivity contribution in [3.8, 4) is 33.9 Å². The van der Waals surface area contributed by atoms with E-state index >= 15 is 0 Å². The van der Waals surface area contributed by atoms with Crippen molar-refractivity contribution in [1.82, 2.24) is 14.8 Å². The highest BCUT2D eigenvalue weighted by Crippen LogP contribution is 2.41. The van der Waals surface area contributed by atoms with Crippen LogP contribution in [0.25, 0.3) is 33.2 Å². The Morgan fingerprint density at radius 1 is 0.812 bits per heavy atom. The number of ether oxygens (including phenoxy) is 1. The van der Waals surface area contributed by atoms with Gasteiger partial charge in [-0.2, -0.15) is 5.10 Å². The number of hydrogen-bond donors (Lipinski definition) is 2. The Labute approximate surface area is 186 Å². The van der Waals surface area contributed by atoms with Crippen LogP contribution in [-0.2, 0) is 7.05 Å². The molecular weight excluding hydrogens is 398 g/mol. The molecule has 0 aliphatic carbocycles. The van der Waals surface area contributed by atoms with Crippen LogP contribution in [0.15, 0.2) is 78.9 Å². The number of pyridine rings is 1. The molecule has 158 valence electrons. The van der Waals surface area contributed by atoms with Gasteiger partial charge in [0.1, 0.15) is 5.75 Å². The molecule has 32 heavy (non-hydrogen) atoms. The zero-order valence-corrected chi connectivity index (χ0v) is 17.9. The van der Waals surface area contributed by atoms with E-state index in [0.29, 0.717) is 17.4 Å². The molecule has 5 rings (SSSR count). The van der Waals surface area contributed by atoms with Crippen LogP contribution in [0, 0.1) is 6.92 Å². The molecule has 0 bridgehead atoms. The maximum atomic E-state index is 6.35. The number of anilines is 2. The molecule has 6 heteroatoms. The Balaban J connectivity index is 1.63. The molecule has 0 saturated carbocycles. The second-order valence-electron chi connectivity index (χ2n) is 7.76. The summed E-state index contributed by atoms with van der Waals surface area (Å²) in [5.41, 5.74) is 19.0. The molecule has 4 N–H and O–H groups in total. The van der Waals surface area contributed by atoms with Gasteiger partial charge in [-0.1, -0.05) is 36.4 Å². The number of rotatable bonds is 4. The lowest BCUT2D eigenvalue weighted by Crippen LogP contribution is -1.92. The van der Waals surface area contributed by atoms with E-state index in [1.807, 2.05) is 85.4 Å². The predicted octanol–water partition coefficient (Wildman–Crippen LogP) is 5.57. The summed E-state index contributed by atoms with van der Waals surface area (Å²) in [6, 6.07) is 25.7. The molecule has 5 aromatic rings. The highest BCUT2D eigenvalue weighted by atomic mass is 16.5. The molecule has 0 radical (unpaired) electrons. The average molecular weight is 422 g/mol. The summed E-state index contributed by atoms with van der Waals surface area (Å²) in [4.78, 5) is 4.41. The van der Waals surface area contributed by atoms with E-state index in [2.05, 4.69) is 22.2 Å². The Kier molecular flexibility index (Phi) is 4.75. The average Bonchev–Trinajstić information content (AvgIpc) is 3.08. The lowest BCUT2D eigenvalue weighted by atomic mass is 9.91. The van der Waals surface area contributed by atoms with Gasteiger partial charge in [-0.3, -0.25) is 4.68 Å². The number of aryl methyl sites for hydroxylation is 2. The number of aromatic nitrogens is 3. The minimum Gasteiger partial charge on any atom is -0.439 e. The zero-order valence-electron chi connectivity index (χ0n) is 17.9. The first-order chi connectivity index (χ1) is 15.5. The van der Waals surface area contributed by atoms with Crippen LogP contribution < -0.4 is 16.2 Å². The van der Waals surface area contributed by atoms with Crippen molar-refractivity contribution >= 4 is 22.4 Å². The van der Waals surface area contributed by atoms with Crippen molar-refractivity contribution in [2.45, 2.75) is 6.92 Å². The standard InChI is InChI=1S/C26H23N5O/c1-16-4-3-5-23(29-16)32-20-12-8-18(9-13-20)24-21(17-6-10-19(27)11-7-17)14-15-22-25(24)26(28)30-31(22)2/h3-15H,27H2,1-2H3,(H2,28,30). The van der Waals surface area contributed by atoms with Gasteiger partial charge in [0, 0.05) is 30.1 Å². The Bertz CT molecular complexity index is 1420. The van der Waals surface area contributed by atoms with E-state index < -0.39 is 0 Å². The van der Waals surface area contributed by atoms with Gasteiger partial charge < -0.3 is 16.2 Å². The number of benzene rings is 3. The molecule has 0 fully saturated rings. The molecule has 0 amide bonds. The highest BCUT2D eigenvalue weighted by Gasteiger charge is 2.17. The molecule has 2 aromatic heterocycles. The molecule has 6 nitrogen and oxygen atoms in total. The number of nitrogens with zero attached hydrogens (tertiary/aromatic N) is 3. The van der Waals surface area contributed by atoms with Crippen LogP contribution >= 0.6 is 0 Å². The predicted molar refractivity (Wildman–Crippen MR) is 129 cm³/mol. The molecule has 0 aliphatic rings. The van der Waals surface area contributed by atoms with E-state index in [1.54, 1.807) is 0 Å². The largest absolute Gasteiger partial charge is 0.439 e.